The van der Waals surface area contributed by atoms with E-state index in [1.165, 1.54) is 6.26 Å². The Hall–Kier alpha value is -4.93. The Labute approximate surface area is 248 Å². The van der Waals surface area contributed by atoms with Gasteiger partial charge in [-0.05, 0) is 60.9 Å². The molecule has 2 amide bonds. The quantitative estimate of drug-likeness (QED) is 0.149. The topological polar surface area (TPSA) is 153 Å². The largest absolute Gasteiger partial charge is 0.464 e. The van der Waals surface area contributed by atoms with Crippen molar-refractivity contribution in [1.29, 1.82) is 0 Å². The third-order valence-corrected chi connectivity index (χ3v) is 7.12. The summed E-state index contributed by atoms with van der Waals surface area (Å²) < 4.78 is 17.5. The first kappa shape index (κ1) is 29.6. The zero-order valence-corrected chi connectivity index (χ0v) is 23.5. The molecular formula is C33H33N3O7. The molecule has 10 heteroatoms. The van der Waals surface area contributed by atoms with Gasteiger partial charge < -0.3 is 35.4 Å². The molecule has 3 aromatic carbocycles. The van der Waals surface area contributed by atoms with E-state index in [-0.39, 0.29) is 30.2 Å². The first-order valence-electron chi connectivity index (χ1n) is 14.1. The van der Waals surface area contributed by atoms with Crippen molar-refractivity contribution in [2.24, 2.45) is 0 Å². The summed E-state index contributed by atoms with van der Waals surface area (Å²) in [5, 5.41) is 15.2. The van der Waals surface area contributed by atoms with E-state index in [1.807, 2.05) is 0 Å². The lowest BCUT2D eigenvalue weighted by Crippen LogP contribution is -2.33. The number of fused-ring (bicyclic) bond motifs is 1. The number of nitrogen functional groups attached to an aromatic ring is 1. The van der Waals surface area contributed by atoms with E-state index in [0.717, 1.165) is 5.56 Å². The Kier molecular flexibility index (Phi) is 9.50. The predicted molar refractivity (Wildman–Crippen MR) is 162 cm³/mol. The van der Waals surface area contributed by atoms with Gasteiger partial charge in [-0.3, -0.25) is 14.4 Å². The van der Waals surface area contributed by atoms with Crippen LogP contribution >= 0.6 is 0 Å². The highest BCUT2D eigenvalue weighted by Gasteiger charge is 2.30. The molecule has 222 valence electrons. The summed E-state index contributed by atoms with van der Waals surface area (Å²) in [4.78, 5) is 39.1. The Morgan fingerprint density at radius 2 is 1.74 bits per heavy atom. The molecule has 2 atom stereocenters. The molecule has 1 aliphatic heterocycles. The minimum Gasteiger partial charge on any atom is -0.464 e. The molecule has 10 nitrogen and oxygen atoms in total. The van der Waals surface area contributed by atoms with E-state index in [2.05, 4.69) is 10.6 Å². The summed E-state index contributed by atoms with van der Waals surface area (Å²) in [6.45, 7) is 0.560. The number of aliphatic hydroxyl groups excluding tert-OH is 1. The van der Waals surface area contributed by atoms with E-state index >= 15 is 0 Å². The number of allylic oxidation sites excluding steroid dienone is 1. The highest BCUT2D eigenvalue weighted by Crippen LogP contribution is 2.31. The van der Waals surface area contributed by atoms with Gasteiger partial charge in [0.1, 0.15) is 5.58 Å². The molecule has 0 aliphatic carbocycles. The van der Waals surface area contributed by atoms with Crippen molar-refractivity contribution in [2.75, 3.05) is 24.3 Å². The second-order valence-corrected chi connectivity index (χ2v) is 10.2. The lowest BCUT2D eigenvalue weighted by atomic mass is 9.93. The monoisotopic (exact) mass is 583 g/mol. The van der Waals surface area contributed by atoms with Crippen LogP contribution in [0.25, 0.3) is 11.0 Å². The Bertz CT molecular complexity index is 1680. The first-order valence-corrected chi connectivity index (χ1v) is 14.1. The molecule has 5 N–H and O–H groups in total. The average molecular weight is 584 g/mol. The summed E-state index contributed by atoms with van der Waals surface area (Å²) in [5.41, 5.74) is 8.82. The van der Waals surface area contributed by atoms with Crippen LogP contribution in [0.4, 0.5) is 11.4 Å². The van der Waals surface area contributed by atoms with Crippen molar-refractivity contribution in [1.82, 2.24) is 5.32 Å². The SMILES string of the molecule is Nc1ccccc1NC(=O)c1ccc(CNC(=O)C2=C[C@@H](c3coc4ccccc4c3=O)C[C@@H](OCCCCO)O2)cc1. The maximum atomic E-state index is 13.3. The van der Waals surface area contributed by atoms with Gasteiger partial charge in [-0.1, -0.05) is 36.4 Å². The molecule has 0 radical (unpaired) electrons. The van der Waals surface area contributed by atoms with Crippen LogP contribution in [0.15, 0.2) is 100 Å². The number of benzene rings is 3. The molecule has 0 saturated carbocycles. The van der Waals surface area contributed by atoms with E-state index in [1.54, 1.807) is 78.9 Å². The summed E-state index contributed by atoms with van der Waals surface area (Å²) in [5.74, 6) is -1.22. The smallest absolute Gasteiger partial charge is 0.286 e. The number of carbonyl (C=O) groups excluding carboxylic acids is 2. The van der Waals surface area contributed by atoms with E-state index in [0.29, 0.717) is 59.3 Å². The Balaban J connectivity index is 1.27. The number of para-hydroxylation sites is 3. The number of unbranched alkanes of at least 4 members (excludes halogenated alkanes) is 1. The van der Waals surface area contributed by atoms with E-state index in [9.17, 15) is 14.4 Å². The van der Waals surface area contributed by atoms with Crippen molar-refractivity contribution < 1.29 is 28.6 Å². The average Bonchev–Trinajstić information content (AvgIpc) is 3.03. The van der Waals surface area contributed by atoms with Crippen molar-refractivity contribution in [3.05, 3.63) is 118 Å². The highest BCUT2D eigenvalue weighted by atomic mass is 16.7. The zero-order chi connectivity index (χ0) is 30.2. The second-order valence-electron chi connectivity index (χ2n) is 10.2. The number of nitrogens with two attached hydrogens (primary N) is 1. The molecule has 1 aliphatic rings. The van der Waals surface area contributed by atoms with Crippen LogP contribution < -0.4 is 21.8 Å². The number of anilines is 2. The molecule has 4 aromatic rings. The van der Waals surface area contributed by atoms with Crippen molar-refractivity contribution in [3.63, 3.8) is 0 Å². The molecule has 0 bridgehead atoms. The maximum absolute atomic E-state index is 13.3. The Morgan fingerprint density at radius 3 is 2.53 bits per heavy atom. The number of hydrogen-bond acceptors (Lipinski definition) is 8. The number of aliphatic hydroxyl groups is 1. The van der Waals surface area contributed by atoms with Gasteiger partial charge in [0.25, 0.3) is 11.8 Å². The lowest BCUT2D eigenvalue weighted by Gasteiger charge is -2.29. The van der Waals surface area contributed by atoms with E-state index < -0.39 is 18.1 Å². The molecule has 1 aromatic heterocycles. The van der Waals surface area contributed by atoms with Crippen LogP contribution in [0.5, 0.6) is 0 Å². The van der Waals surface area contributed by atoms with Crippen LogP contribution in [0.2, 0.25) is 0 Å². The molecule has 43 heavy (non-hydrogen) atoms. The molecule has 2 heterocycles. The lowest BCUT2D eigenvalue weighted by molar-refractivity contribution is -0.146. The third-order valence-electron chi connectivity index (χ3n) is 7.12. The standard InChI is InChI=1S/C33H33N3O7/c34-26-8-2-3-9-27(26)36-32(39)22-13-11-21(12-14-22)19-35-33(40)29-17-23(18-30(43-29)41-16-6-5-15-37)25-20-42-28-10-4-1-7-24(28)31(25)38/h1-4,7-14,17,20,23,30,37H,5-6,15-16,18-19,34H2,(H,35,40)(H,36,39)/t23-,30+/m1/s1. The van der Waals surface area contributed by atoms with Crippen molar-refractivity contribution in [2.45, 2.75) is 38.0 Å². The fourth-order valence-electron chi connectivity index (χ4n) is 4.76. The van der Waals surface area contributed by atoms with Crippen LogP contribution in [0, 0.1) is 0 Å². The Morgan fingerprint density at radius 1 is 0.977 bits per heavy atom. The van der Waals surface area contributed by atoms with Gasteiger partial charge in [-0.15, -0.1) is 0 Å². The first-order chi connectivity index (χ1) is 20.9. The number of hydrogen-bond donors (Lipinski definition) is 4. The molecule has 5 rings (SSSR count). The molecular weight excluding hydrogens is 550 g/mol. The minimum absolute atomic E-state index is 0.0346. The van der Waals surface area contributed by atoms with Crippen molar-refractivity contribution >= 4 is 34.2 Å². The fourth-order valence-corrected chi connectivity index (χ4v) is 4.76. The van der Waals surface area contributed by atoms with Gasteiger partial charge in [0.05, 0.1) is 29.6 Å². The van der Waals surface area contributed by atoms with Gasteiger partial charge in [0.2, 0.25) is 6.29 Å². The van der Waals surface area contributed by atoms with Crippen LogP contribution in [-0.4, -0.2) is 36.4 Å². The fraction of sp³-hybridized carbons (Fsp3) is 0.242. The van der Waals surface area contributed by atoms with Crippen molar-refractivity contribution in [3.8, 4) is 0 Å². The van der Waals surface area contributed by atoms with Gasteiger partial charge in [-0.25, -0.2) is 0 Å². The predicted octanol–water partition coefficient (Wildman–Crippen LogP) is 4.45. The summed E-state index contributed by atoms with van der Waals surface area (Å²) in [6, 6.07) is 20.8. The maximum Gasteiger partial charge on any atom is 0.286 e. The van der Waals surface area contributed by atoms with Crippen LogP contribution in [-0.2, 0) is 20.8 Å². The molecule has 0 fully saturated rings. The summed E-state index contributed by atoms with van der Waals surface area (Å²) in [7, 11) is 0. The molecule has 0 spiro atoms. The van der Waals surface area contributed by atoms with E-state index in [4.69, 9.17) is 24.7 Å². The molecule has 0 saturated heterocycles. The third kappa shape index (κ3) is 7.29. The summed E-state index contributed by atoms with van der Waals surface area (Å²) in [6.07, 6.45) is 3.80. The number of rotatable bonds is 11. The van der Waals surface area contributed by atoms with Gasteiger partial charge in [0.15, 0.2) is 11.2 Å². The molecule has 0 unspecified atom stereocenters. The van der Waals surface area contributed by atoms with Gasteiger partial charge in [-0.2, -0.15) is 0 Å². The second kappa shape index (κ2) is 13.8. The number of amides is 2. The highest BCUT2D eigenvalue weighted by molar-refractivity contribution is 6.05. The van der Waals surface area contributed by atoms with Gasteiger partial charge >= 0.3 is 0 Å². The number of carbonyl (C=O) groups is 2. The zero-order valence-electron chi connectivity index (χ0n) is 23.5. The minimum atomic E-state index is -0.767. The number of ether oxygens (including phenoxy) is 2. The van der Waals surface area contributed by atoms with Crippen LogP contribution in [0.1, 0.15) is 46.7 Å². The number of nitrogens with one attached hydrogen (secondary N) is 2. The van der Waals surface area contributed by atoms with Gasteiger partial charge in [0, 0.05) is 36.6 Å². The normalized spacial score (nSPS) is 16.3. The van der Waals surface area contributed by atoms with Crippen LogP contribution in [0.3, 0.4) is 0 Å². The summed E-state index contributed by atoms with van der Waals surface area (Å²) >= 11 is 0.